The summed E-state index contributed by atoms with van der Waals surface area (Å²) in [5.74, 6) is 2.83. The molecule has 48 heavy (non-hydrogen) atoms. The van der Waals surface area contributed by atoms with Crippen LogP contribution in [0, 0.1) is 11.8 Å². The van der Waals surface area contributed by atoms with Gasteiger partial charge in [-0.25, -0.2) is 9.97 Å². The summed E-state index contributed by atoms with van der Waals surface area (Å²) >= 11 is 0. The Balaban J connectivity index is 1.04. The lowest BCUT2D eigenvalue weighted by molar-refractivity contribution is -0.133. The lowest BCUT2D eigenvalue weighted by Gasteiger charge is -2.24. The molecule has 248 valence electrons. The standard InChI is InChI=1S/C39H45N7O2/c1-24(2)17-36(47)45-15-5-7-34(45)38-41-22-32(43-38)29-12-10-26-19-28(11-9-27(26)20-29)31-14-13-30(21-40-31)33-23-42-39(44-33)35-8-6-16-46(35)37(48)18-25(3)4/h9-14,19-25,34-35H,5-8,15-18H2,1-4H3,(H,41,43)(H,42,44)/t34-,35-/m0/s1. The van der Waals surface area contributed by atoms with Gasteiger partial charge >= 0.3 is 0 Å². The van der Waals surface area contributed by atoms with E-state index >= 15 is 0 Å². The maximum atomic E-state index is 12.8. The maximum absolute atomic E-state index is 12.8. The number of carbonyl (C=O) groups excluding carboxylic acids is 2. The third kappa shape index (κ3) is 6.50. The minimum absolute atomic E-state index is 0.00793. The molecular weight excluding hydrogens is 598 g/mol. The molecule has 2 N–H and O–H groups in total. The van der Waals surface area contributed by atoms with Gasteiger partial charge < -0.3 is 19.8 Å². The maximum Gasteiger partial charge on any atom is 0.223 e. The molecule has 2 fully saturated rings. The molecule has 2 atom stereocenters. The second-order valence-electron chi connectivity index (χ2n) is 14.3. The second kappa shape index (κ2) is 13.4. The number of amides is 2. The Morgan fingerprint density at radius 3 is 1.69 bits per heavy atom. The molecule has 9 nitrogen and oxygen atoms in total. The molecule has 9 heteroatoms. The van der Waals surface area contributed by atoms with Crippen molar-refractivity contribution in [1.82, 2.24) is 34.7 Å². The molecule has 2 saturated heterocycles. The number of H-pyrrole nitrogens is 2. The van der Waals surface area contributed by atoms with E-state index in [4.69, 9.17) is 9.97 Å². The van der Waals surface area contributed by atoms with E-state index in [9.17, 15) is 9.59 Å². The fourth-order valence-corrected chi connectivity index (χ4v) is 7.23. The summed E-state index contributed by atoms with van der Waals surface area (Å²) in [4.78, 5) is 50.8. The second-order valence-corrected chi connectivity index (χ2v) is 14.3. The lowest BCUT2D eigenvalue weighted by Crippen LogP contribution is -2.31. The first kappa shape index (κ1) is 31.8. The Labute approximate surface area is 282 Å². The third-order valence-electron chi connectivity index (χ3n) is 9.66. The molecular formula is C39H45N7O2. The molecule has 0 bridgehead atoms. The van der Waals surface area contributed by atoms with Crippen LogP contribution >= 0.6 is 0 Å². The summed E-state index contributed by atoms with van der Waals surface area (Å²) in [6, 6.07) is 17.0. The Kier molecular flexibility index (Phi) is 8.86. The molecule has 3 aromatic heterocycles. The van der Waals surface area contributed by atoms with Crippen molar-refractivity contribution in [3.63, 3.8) is 0 Å². The van der Waals surface area contributed by atoms with Crippen LogP contribution in [0.1, 0.15) is 90.0 Å². The first-order valence-electron chi connectivity index (χ1n) is 17.4. The zero-order valence-electron chi connectivity index (χ0n) is 28.4. The van der Waals surface area contributed by atoms with Gasteiger partial charge in [-0.3, -0.25) is 14.6 Å². The van der Waals surface area contributed by atoms with Crippen molar-refractivity contribution in [2.45, 2.75) is 78.3 Å². The number of nitrogens with zero attached hydrogens (tertiary/aromatic N) is 5. The number of aromatic amines is 2. The van der Waals surface area contributed by atoms with Crippen LogP contribution in [0.3, 0.4) is 0 Å². The first-order valence-corrected chi connectivity index (χ1v) is 17.4. The van der Waals surface area contributed by atoms with Crippen LogP contribution in [0.5, 0.6) is 0 Å². The van der Waals surface area contributed by atoms with Crippen LogP contribution in [-0.4, -0.2) is 59.6 Å². The van der Waals surface area contributed by atoms with Gasteiger partial charge in [0.2, 0.25) is 11.8 Å². The molecule has 7 rings (SSSR count). The number of hydrogen-bond donors (Lipinski definition) is 2. The number of hydrogen-bond acceptors (Lipinski definition) is 5. The molecule has 2 aromatic carbocycles. The fraction of sp³-hybridized carbons (Fsp3) is 0.410. The van der Waals surface area contributed by atoms with E-state index in [1.54, 1.807) is 0 Å². The number of carbonyl (C=O) groups is 2. The van der Waals surface area contributed by atoms with E-state index in [1.807, 2.05) is 34.5 Å². The number of nitrogens with one attached hydrogen (secondary N) is 2. The number of aromatic nitrogens is 5. The van der Waals surface area contributed by atoms with Crippen LogP contribution in [0.25, 0.3) is 44.5 Å². The molecule has 0 radical (unpaired) electrons. The molecule has 2 aliphatic rings. The number of imidazole rings is 2. The Morgan fingerprint density at radius 2 is 1.17 bits per heavy atom. The predicted molar refractivity (Wildman–Crippen MR) is 189 cm³/mol. The highest BCUT2D eigenvalue weighted by Gasteiger charge is 2.33. The van der Waals surface area contributed by atoms with E-state index in [2.05, 4.69) is 85.1 Å². The minimum Gasteiger partial charge on any atom is -0.340 e. The number of rotatable bonds is 9. The van der Waals surface area contributed by atoms with Gasteiger partial charge in [-0.2, -0.15) is 0 Å². The highest BCUT2D eigenvalue weighted by atomic mass is 16.2. The van der Waals surface area contributed by atoms with Crippen molar-refractivity contribution in [1.29, 1.82) is 0 Å². The molecule has 2 aliphatic heterocycles. The van der Waals surface area contributed by atoms with Crippen LogP contribution in [0.2, 0.25) is 0 Å². The van der Waals surface area contributed by atoms with Crippen molar-refractivity contribution in [3.05, 3.63) is 78.8 Å². The minimum atomic E-state index is 0.00793. The topological polar surface area (TPSA) is 111 Å². The van der Waals surface area contributed by atoms with Crippen molar-refractivity contribution in [2.24, 2.45) is 11.8 Å². The summed E-state index contributed by atoms with van der Waals surface area (Å²) < 4.78 is 0. The van der Waals surface area contributed by atoms with E-state index in [-0.39, 0.29) is 23.9 Å². The Morgan fingerprint density at radius 1 is 0.667 bits per heavy atom. The van der Waals surface area contributed by atoms with Crippen molar-refractivity contribution < 1.29 is 9.59 Å². The average molecular weight is 644 g/mol. The van der Waals surface area contributed by atoms with Gasteiger partial charge in [0.25, 0.3) is 0 Å². The van der Waals surface area contributed by atoms with E-state index < -0.39 is 0 Å². The molecule has 0 saturated carbocycles. The van der Waals surface area contributed by atoms with E-state index in [1.165, 1.54) is 0 Å². The predicted octanol–water partition coefficient (Wildman–Crippen LogP) is 8.10. The van der Waals surface area contributed by atoms with E-state index in [0.717, 1.165) is 95.0 Å². The molecule has 0 aliphatic carbocycles. The highest BCUT2D eigenvalue weighted by Crippen LogP contribution is 2.35. The number of pyridine rings is 1. The third-order valence-corrected chi connectivity index (χ3v) is 9.66. The van der Waals surface area contributed by atoms with Gasteiger partial charge in [-0.05, 0) is 72.6 Å². The van der Waals surface area contributed by atoms with Crippen molar-refractivity contribution in [2.75, 3.05) is 13.1 Å². The lowest BCUT2D eigenvalue weighted by atomic mass is 10.0. The van der Waals surface area contributed by atoms with Gasteiger partial charge in [-0.1, -0.05) is 52.0 Å². The summed E-state index contributed by atoms with van der Waals surface area (Å²) in [5.41, 5.74) is 5.85. The summed E-state index contributed by atoms with van der Waals surface area (Å²) in [6.45, 7) is 9.93. The SMILES string of the molecule is CC(C)CC(=O)N1CCC[C@H]1c1ncc(-c2ccc(-c3ccc4cc(-c5cnc([C@@H]6CCCN6C(=O)CC(C)C)[nH]5)ccc4c3)nc2)[nH]1. The number of likely N-dealkylation sites (tertiary alicyclic amines) is 2. The smallest absolute Gasteiger partial charge is 0.223 e. The van der Waals surface area contributed by atoms with Gasteiger partial charge in [0.15, 0.2) is 0 Å². The summed E-state index contributed by atoms with van der Waals surface area (Å²) in [7, 11) is 0. The summed E-state index contributed by atoms with van der Waals surface area (Å²) in [6.07, 6.45) is 10.6. The fourth-order valence-electron chi connectivity index (χ4n) is 7.23. The van der Waals surface area contributed by atoms with Crippen LogP contribution < -0.4 is 0 Å². The largest absolute Gasteiger partial charge is 0.340 e. The number of fused-ring (bicyclic) bond motifs is 1. The van der Waals surface area contributed by atoms with Crippen LogP contribution in [0.4, 0.5) is 0 Å². The van der Waals surface area contributed by atoms with Crippen LogP contribution in [-0.2, 0) is 9.59 Å². The molecule has 5 heterocycles. The monoisotopic (exact) mass is 643 g/mol. The normalized spacial score (nSPS) is 18.1. The molecule has 0 spiro atoms. The number of benzene rings is 2. The molecule has 0 unspecified atom stereocenters. The van der Waals surface area contributed by atoms with Crippen molar-refractivity contribution in [3.8, 4) is 33.8 Å². The van der Waals surface area contributed by atoms with Gasteiger partial charge in [0, 0.05) is 48.8 Å². The zero-order chi connectivity index (χ0) is 33.4. The van der Waals surface area contributed by atoms with Crippen molar-refractivity contribution >= 4 is 22.6 Å². The zero-order valence-corrected chi connectivity index (χ0v) is 28.4. The quantitative estimate of drug-likeness (QED) is 0.169. The van der Waals surface area contributed by atoms with Gasteiger partial charge in [0.1, 0.15) is 11.6 Å². The Hall–Kier alpha value is -4.79. The summed E-state index contributed by atoms with van der Waals surface area (Å²) in [5, 5.41) is 2.27. The molecule has 5 aromatic rings. The van der Waals surface area contributed by atoms with Gasteiger partial charge in [0.05, 0.1) is 41.6 Å². The van der Waals surface area contributed by atoms with E-state index in [0.29, 0.717) is 24.7 Å². The molecule has 2 amide bonds. The highest BCUT2D eigenvalue weighted by molar-refractivity contribution is 5.90. The first-order chi connectivity index (χ1) is 23.2. The van der Waals surface area contributed by atoms with Crippen LogP contribution in [0.15, 0.2) is 67.1 Å². The Bertz CT molecular complexity index is 1920. The average Bonchev–Trinajstić information content (AvgIpc) is 3.89. The van der Waals surface area contributed by atoms with Gasteiger partial charge in [-0.15, -0.1) is 0 Å².